The van der Waals surface area contributed by atoms with Gasteiger partial charge in [0.2, 0.25) is 5.91 Å². The number of carbonyl (C=O) groups excluding carboxylic acids is 1. The molecule has 0 aliphatic rings. The van der Waals surface area contributed by atoms with E-state index in [1.165, 1.54) is 0 Å². The maximum atomic E-state index is 12.1. The van der Waals surface area contributed by atoms with Gasteiger partial charge >= 0.3 is 0 Å². The standard InChI is InChI=1S/C16H16ClNOS/c1-2-20-15-9-4-3-8-14(15)18-16(19)11-12-6-5-7-13(17)10-12/h3-10H,2,11H2,1H3,(H,18,19). The summed E-state index contributed by atoms with van der Waals surface area (Å²) < 4.78 is 0. The molecule has 0 aromatic heterocycles. The van der Waals surface area contributed by atoms with Crippen LogP contribution >= 0.6 is 23.4 Å². The highest BCUT2D eigenvalue weighted by Crippen LogP contribution is 2.26. The van der Waals surface area contributed by atoms with Crippen LogP contribution < -0.4 is 5.32 Å². The lowest BCUT2D eigenvalue weighted by Gasteiger charge is -2.10. The number of carbonyl (C=O) groups is 1. The van der Waals surface area contributed by atoms with E-state index in [0.717, 1.165) is 21.9 Å². The average molecular weight is 306 g/mol. The molecule has 20 heavy (non-hydrogen) atoms. The zero-order valence-electron chi connectivity index (χ0n) is 11.2. The van der Waals surface area contributed by atoms with Gasteiger partial charge in [-0.25, -0.2) is 0 Å². The van der Waals surface area contributed by atoms with E-state index in [4.69, 9.17) is 11.6 Å². The number of nitrogens with one attached hydrogen (secondary N) is 1. The Morgan fingerprint density at radius 3 is 2.75 bits per heavy atom. The van der Waals surface area contributed by atoms with Gasteiger partial charge in [-0.3, -0.25) is 4.79 Å². The Kier molecular flexibility index (Phi) is 5.50. The molecule has 0 aliphatic heterocycles. The molecule has 0 bridgehead atoms. The molecule has 0 aliphatic carbocycles. The molecule has 2 nitrogen and oxygen atoms in total. The van der Waals surface area contributed by atoms with Crippen molar-refractivity contribution in [1.82, 2.24) is 0 Å². The van der Waals surface area contributed by atoms with Gasteiger partial charge in [0.15, 0.2) is 0 Å². The van der Waals surface area contributed by atoms with Crippen LogP contribution in [0.25, 0.3) is 0 Å². The SMILES string of the molecule is CCSc1ccccc1NC(=O)Cc1cccc(Cl)c1. The molecule has 2 aromatic rings. The molecule has 104 valence electrons. The largest absolute Gasteiger partial charge is 0.325 e. The molecule has 0 atom stereocenters. The van der Waals surface area contributed by atoms with E-state index in [-0.39, 0.29) is 5.91 Å². The van der Waals surface area contributed by atoms with Crippen molar-refractivity contribution in [2.75, 3.05) is 11.1 Å². The van der Waals surface area contributed by atoms with Gasteiger partial charge in [-0.15, -0.1) is 11.8 Å². The Morgan fingerprint density at radius 2 is 2.00 bits per heavy atom. The summed E-state index contributed by atoms with van der Waals surface area (Å²) in [6.45, 7) is 2.09. The van der Waals surface area contributed by atoms with Crippen molar-refractivity contribution >= 4 is 35.0 Å². The van der Waals surface area contributed by atoms with Crippen molar-refractivity contribution in [3.8, 4) is 0 Å². The summed E-state index contributed by atoms with van der Waals surface area (Å²) in [7, 11) is 0. The molecular formula is C16H16ClNOS. The Morgan fingerprint density at radius 1 is 1.20 bits per heavy atom. The maximum absolute atomic E-state index is 12.1. The Hall–Kier alpha value is -1.45. The molecule has 0 radical (unpaired) electrons. The summed E-state index contributed by atoms with van der Waals surface area (Å²) in [4.78, 5) is 13.2. The first kappa shape index (κ1) is 14.9. The van der Waals surface area contributed by atoms with Gasteiger partial charge in [0.05, 0.1) is 12.1 Å². The first-order chi connectivity index (χ1) is 9.69. The number of benzene rings is 2. The fraction of sp³-hybridized carbons (Fsp3) is 0.188. The number of anilines is 1. The van der Waals surface area contributed by atoms with Gasteiger partial charge in [-0.05, 0) is 35.6 Å². The fourth-order valence-corrected chi connectivity index (χ4v) is 2.85. The van der Waals surface area contributed by atoms with Gasteiger partial charge in [0, 0.05) is 9.92 Å². The molecule has 2 aromatic carbocycles. The highest BCUT2D eigenvalue weighted by molar-refractivity contribution is 7.99. The monoisotopic (exact) mass is 305 g/mol. The third-order valence-electron chi connectivity index (χ3n) is 2.71. The zero-order valence-corrected chi connectivity index (χ0v) is 12.8. The summed E-state index contributed by atoms with van der Waals surface area (Å²) >= 11 is 7.64. The molecule has 0 heterocycles. The second kappa shape index (κ2) is 7.36. The Bertz CT molecular complexity index is 601. The molecular weight excluding hydrogens is 290 g/mol. The lowest BCUT2D eigenvalue weighted by atomic mass is 10.1. The molecule has 0 spiro atoms. The van der Waals surface area contributed by atoms with Crippen LogP contribution in [0, 0.1) is 0 Å². The number of thioether (sulfide) groups is 1. The van der Waals surface area contributed by atoms with E-state index in [1.54, 1.807) is 17.8 Å². The van der Waals surface area contributed by atoms with Gasteiger partial charge in [-0.2, -0.15) is 0 Å². The Balaban J connectivity index is 2.05. The van der Waals surface area contributed by atoms with Crippen molar-refractivity contribution in [2.45, 2.75) is 18.2 Å². The number of rotatable bonds is 5. The van der Waals surface area contributed by atoms with Crippen molar-refractivity contribution in [2.24, 2.45) is 0 Å². The minimum Gasteiger partial charge on any atom is -0.325 e. The molecule has 2 rings (SSSR count). The quantitative estimate of drug-likeness (QED) is 0.816. The minimum atomic E-state index is -0.0311. The van der Waals surface area contributed by atoms with Crippen LogP contribution in [0.15, 0.2) is 53.4 Å². The minimum absolute atomic E-state index is 0.0311. The highest BCUT2D eigenvalue weighted by Gasteiger charge is 2.07. The van der Waals surface area contributed by atoms with Crippen LogP contribution in [-0.4, -0.2) is 11.7 Å². The van der Waals surface area contributed by atoms with E-state index in [2.05, 4.69) is 12.2 Å². The van der Waals surface area contributed by atoms with Crippen LogP contribution in [0.3, 0.4) is 0 Å². The van der Waals surface area contributed by atoms with Crippen LogP contribution in [0.1, 0.15) is 12.5 Å². The van der Waals surface area contributed by atoms with E-state index >= 15 is 0 Å². The lowest BCUT2D eigenvalue weighted by Crippen LogP contribution is -2.14. The van der Waals surface area contributed by atoms with Crippen LogP contribution in [0.4, 0.5) is 5.69 Å². The fourth-order valence-electron chi connectivity index (χ4n) is 1.88. The third kappa shape index (κ3) is 4.29. The molecule has 4 heteroatoms. The molecule has 0 unspecified atom stereocenters. The molecule has 0 fully saturated rings. The van der Waals surface area contributed by atoms with E-state index < -0.39 is 0 Å². The predicted molar refractivity (Wildman–Crippen MR) is 86.6 cm³/mol. The Labute approximate surface area is 128 Å². The third-order valence-corrected chi connectivity index (χ3v) is 3.91. The number of hydrogen-bond donors (Lipinski definition) is 1. The number of halogens is 1. The van der Waals surface area contributed by atoms with Crippen LogP contribution in [-0.2, 0) is 11.2 Å². The maximum Gasteiger partial charge on any atom is 0.228 e. The van der Waals surface area contributed by atoms with E-state index in [9.17, 15) is 4.79 Å². The summed E-state index contributed by atoms with van der Waals surface area (Å²) in [5.74, 6) is 0.942. The highest BCUT2D eigenvalue weighted by atomic mass is 35.5. The first-order valence-electron chi connectivity index (χ1n) is 6.45. The van der Waals surface area contributed by atoms with Crippen molar-refractivity contribution in [1.29, 1.82) is 0 Å². The van der Waals surface area contributed by atoms with Gasteiger partial charge < -0.3 is 5.32 Å². The number of para-hydroxylation sites is 1. The van der Waals surface area contributed by atoms with Crippen molar-refractivity contribution in [3.05, 3.63) is 59.1 Å². The molecule has 0 saturated heterocycles. The number of amides is 1. The second-order valence-electron chi connectivity index (χ2n) is 4.28. The van der Waals surface area contributed by atoms with E-state index in [1.807, 2.05) is 42.5 Å². The lowest BCUT2D eigenvalue weighted by molar-refractivity contribution is -0.115. The second-order valence-corrected chi connectivity index (χ2v) is 6.03. The van der Waals surface area contributed by atoms with Crippen LogP contribution in [0.2, 0.25) is 5.02 Å². The predicted octanol–water partition coefficient (Wildman–Crippen LogP) is 4.63. The summed E-state index contributed by atoms with van der Waals surface area (Å²) in [6.07, 6.45) is 0.325. The molecule has 0 saturated carbocycles. The summed E-state index contributed by atoms with van der Waals surface area (Å²) in [5.41, 5.74) is 1.78. The topological polar surface area (TPSA) is 29.1 Å². The van der Waals surface area contributed by atoms with Gasteiger partial charge in [0.1, 0.15) is 0 Å². The molecule has 1 N–H and O–H groups in total. The number of hydrogen-bond acceptors (Lipinski definition) is 2. The summed E-state index contributed by atoms with van der Waals surface area (Å²) in [5, 5.41) is 3.61. The zero-order chi connectivity index (χ0) is 14.4. The average Bonchev–Trinajstić information content (AvgIpc) is 2.41. The normalized spacial score (nSPS) is 10.3. The van der Waals surface area contributed by atoms with Gasteiger partial charge in [-0.1, -0.05) is 42.8 Å². The van der Waals surface area contributed by atoms with E-state index in [0.29, 0.717) is 11.4 Å². The van der Waals surface area contributed by atoms with Crippen molar-refractivity contribution < 1.29 is 4.79 Å². The van der Waals surface area contributed by atoms with Crippen molar-refractivity contribution in [3.63, 3.8) is 0 Å². The van der Waals surface area contributed by atoms with Gasteiger partial charge in [0.25, 0.3) is 0 Å². The first-order valence-corrected chi connectivity index (χ1v) is 7.81. The van der Waals surface area contributed by atoms with Crippen LogP contribution in [0.5, 0.6) is 0 Å². The smallest absolute Gasteiger partial charge is 0.228 e. The molecule has 1 amide bonds. The summed E-state index contributed by atoms with van der Waals surface area (Å²) in [6, 6.07) is 15.2.